The van der Waals surface area contributed by atoms with Crippen molar-refractivity contribution in [2.75, 3.05) is 5.73 Å². The lowest BCUT2D eigenvalue weighted by molar-refractivity contribution is 1.11. The predicted octanol–water partition coefficient (Wildman–Crippen LogP) is 2.77. The Balaban J connectivity index is 3.06. The van der Waals surface area contributed by atoms with Gasteiger partial charge in [0.15, 0.2) is 0 Å². The fourth-order valence-corrected chi connectivity index (χ4v) is 1.85. The highest BCUT2D eigenvalue weighted by Crippen LogP contribution is 2.16. The molecule has 1 rings (SSSR count). The molecule has 0 spiro atoms. The van der Waals surface area contributed by atoms with Crippen LogP contribution in [0, 0.1) is 0 Å². The van der Waals surface area contributed by atoms with E-state index < -0.39 is 0 Å². The van der Waals surface area contributed by atoms with Gasteiger partial charge in [0.2, 0.25) is 0 Å². The first kappa shape index (κ1) is 8.84. The molecular weight excluding hydrogens is 249 g/mol. The Morgan fingerprint density at radius 2 is 2.09 bits per heavy atom. The van der Waals surface area contributed by atoms with Crippen LogP contribution in [0.4, 0.5) is 5.69 Å². The molecule has 0 radical (unpaired) electrons. The zero-order valence-electron chi connectivity index (χ0n) is 6.60. The number of benzene rings is 1. The lowest BCUT2D eigenvalue weighted by Crippen LogP contribution is -1.92. The summed E-state index contributed by atoms with van der Waals surface area (Å²) in [6.45, 7) is 2.16. The van der Waals surface area contributed by atoms with Gasteiger partial charge in [-0.05, 0) is 29.7 Å². The van der Waals surface area contributed by atoms with E-state index in [-0.39, 0.29) is 0 Å². The summed E-state index contributed by atoms with van der Waals surface area (Å²) in [6.07, 6.45) is 1.07. The van der Waals surface area contributed by atoms with Crippen molar-refractivity contribution < 1.29 is 0 Å². The number of hydrogen-bond donors (Lipinski definition) is 1. The molecule has 0 bridgehead atoms. The number of nitrogens with two attached hydrogens (primary N) is 1. The van der Waals surface area contributed by atoms with Gasteiger partial charge in [-0.15, -0.1) is 0 Å². The van der Waals surface area contributed by atoms with Gasteiger partial charge in [0, 0.05) is 10.1 Å². The molecule has 0 saturated heterocycles. The summed E-state index contributed by atoms with van der Waals surface area (Å²) in [7, 11) is 0. The number of nitrogen functional groups attached to an aromatic ring is 1. The number of halogens is 1. The highest BCUT2D eigenvalue weighted by Gasteiger charge is 1.98. The normalized spacial score (nSPS) is 10.0. The van der Waals surface area contributed by atoms with Gasteiger partial charge < -0.3 is 5.73 Å². The minimum atomic E-state index is 0.871. The first-order valence-electron chi connectivity index (χ1n) is 3.71. The lowest BCUT2D eigenvalue weighted by atomic mass is 10.1. The van der Waals surface area contributed by atoms with E-state index in [0.29, 0.717) is 0 Å². The molecule has 60 valence electrons. The summed E-state index contributed by atoms with van der Waals surface area (Å²) in [5, 5.41) is 0. The number of rotatable bonds is 2. The van der Waals surface area contributed by atoms with Crippen molar-refractivity contribution in [1.29, 1.82) is 0 Å². The average molecular weight is 261 g/mol. The zero-order valence-corrected chi connectivity index (χ0v) is 8.76. The van der Waals surface area contributed by atoms with Crippen molar-refractivity contribution in [2.45, 2.75) is 17.8 Å². The lowest BCUT2D eigenvalue weighted by Gasteiger charge is -2.04. The summed E-state index contributed by atoms with van der Waals surface area (Å²) < 4.78 is 1.07. The Labute approximate surface area is 81.1 Å². The van der Waals surface area contributed by atoms with Crippen molar-refractivity contribution in [1.82, 2.24) is 0 Å². The third-order valence-electron chi connectivity index (χ3n) is 1.76. The zero-order chi connectivity index (χ0) is 8.27. The van der Waals surface area contributed by atoms with E-state index in [2.05, 4.69) is 41.6 Å². The number of alkyl halides is 1. The SMILES string of the molecule is CCc1cc(N)ccc1CI. The summed E-state index contributed by atoms with van der Waals surface area (Å²) in [5.74, 6) is 0. The molecular formula is C9H12IN. The predicted molar refractivity (Wildman–Crippen MR) is 58.0 cm³/mol. The van der Waals surface area contributed by atoms with Gasteiger partial charge in [-0.1, -0.05) is 35.6 Å². The second kappa shape index (κ2) is 3.95. The highest BCUT2D eigenvalue weighted by atomic mass is 127. The molecule has 0 saturated carbocycles. The molecule has 0 heterocycles. The molecule has 11 heavy (non-hydrogen) atoms. The molecule has 0 aliphatic carbocycles. The molecule has 0 aliphatic heterocycles. The Kier molecular flexibility index (Phi) is 3.17. The van der Waals surface area contributed by atoms with Crippen LogP contribution in [0.3, 0.4) is 0 Å². The third kappa shape index (κ3) is 2.09. The van der Waals surface area contributed by atoms with Gasteiger partial charge in [0.25, 0.3) is 0 Å². The first-order valence-corrected chi connectivity index (χ1v) is 5.23. The maximum absolute atomic E-state index is 5.66. The van der Waals surface area contributed by atoms with Crippen molar-refractivity contribution >= 4 is 28.3 Å². The molecule has 0 atom stereocenters. The van der Waals surface area contributed by atoms with Crippen molar-refractivity contribution in [3.8, 4) is 0 Å². The Morgan fingerprint density at radius 3 is 2.64 bits per heavy atom. The smallest absolute Gasteiger partial charge is 0.0316 e. The second-order valence-electron chi connectivity index (χ2n) is 2.52. The molecule has 2 heteroatoms. The van der Waals surface area contributed by atoms with Gasteiger partial charge in [-0.2, -0.15) is 0 Å². The number of hydrogen-bond acceptors (Lipinski definition) is 1. The monoisotopic (exact) mass is 261 g/mol. The van der Waals surface area contributed by atoms with Gasteiger partial charge in [-0.3, -0.25) is 0 Å². The molecule has 1 aromatic rings. The van der Waals surface area contributed by atoms with Gasteiger partial charge in [0.05, 0.1) is 0 Å². The fourth-order valence-electron chi connectivity index (χ4n) is 1.11. The molecule has 1 nitrogen and oxygen atoms in total. The highest BCUT2D eigenvalue weighted by molar-refractivity contribution is 14.1. The summed E-state index contributed by atoms with van der Waals surface area (Å²) in [4.78, 5) is 0. The van der Waals surface area contributed by atoms with Crippen LogP contribution in [0.2, 0.25) is 0 Å². The van der Waals surface area contributed by atoms with E-state index in [0.717, 1.165) is 16.5 Å². The number of aryl methyl sites for hydroxylation is 1. The van der Waals surface area contributed by atoms with Crippen molar-refractivity contribution in [3.63, 3.8) is 0 Å². The molecule has 0 fully saturated rings. The minimum Gasteiger partial charge on any atom is -0.399 e. The van der Waals surface area contributed by atoms with Gasteiger partial charge in [0.1, 0.15) is 0 Å². The topological polar surface area (TPSA) is 26.0 Å². The standard InChI is InChI=1S/C9H12IN/c1-2-7-5-9(11)4-3-8(7)6-10/h3-5H,2,6,11H2,1H3. The Bertz CT molecular complexity index is 245. The maximum atomic E-state index is 5.66. The van der Waals surface area contributed by atoms with Crippen LogP contribution < -0.4 is 5.73 Å². The van der Waals surface area contributed by atoms with E-state index in [9.17, 15) is 0 Å². The van der Waals surface area contributed by atoms with Crippen LogP contribution in [-0.2, 0) is 10.8 Å². The first-order chi connectivity index (χ1) is 5.27. The Morgan fingerprint density at radius 1 is 1.36 bits per heavy atom. The Hall–Kier alpha value is -0.250. The third-order valence-corrected chi connectivity index (χ3v) is 2.58. The second-order valence-corrected chi connectivity index (χ2v) is 3.28. The summed E-state index contributed by atoms with van der Waals surface area (Å²) >= 11 is 2.37. The summed E-state index contributed by atoms with van der Waals surface area (Å²) in [6, 6.07) is 6.14. The fraction of sp³-hybridized carbons (Fsp3) is 0.333. The maximum Gasteiger partial charge on any atom is 0.0316 e. The van der Waals surface area contributed by atoms with Crippen LogP contribution >= 0.6 is 22.6 Å². The van der Waals surface area contributed by atoms with E-state index in [1.807, 2.05) is 6.07 Å². The molecule has 0 unspecified atom stereocenters. The van der Waals surface area contributed by atoms with Crippen molar-refractivity contribution in [2.24, 2.45) is 0 Å². The molecule has 0 aromatic heterocycles. The van der Waals surface area contributed by atoms with Gasteiger partial charge >= 0.3 is 0 Å². The van der Waals surface area contributed by atoms with Crippen LogP contribution in [0.5, 0.6) is 0 Å². The van der Waals surface area contributed by atoms with E-state index in [4.69, 9.17) is 5.73 Å². The largest absolute Gasteiger partial charge is 0.399 e. The van der Waals surface area contributed by atoms with Crippen LogP contribution in [-0.4, -0.2) is 0 Å². The van der Waals surface area contributed by atoms with E-state index in [1.165, 1.54) is 11.1 Å². The molecule has 2 N–H and O–H groups in total. The van der Waals surface area contributed by atoms with Crippen molar-refractivity contribution in [3.05, 3.63) is 29.3 Å². The van der Waals surface area contributed by atoms with E-state index in [1.54, 1.807) is 0 Å². The quantitative estimate of drug-likeness (QED) is 0.494. The minimum absolute atomic E-state index is 0.871. The van der Waals surface area contributed by atoms with Gasteiger partial charge in [-0.25, -0.2) is 0 Å². The molecule has 0 amide bonds. The average Bonchev–Trinajstić information content (AvgIpc) is 2.04. The molecule has 1 aromatic carbocycles. The van der Waals surface area contributed by atoms with Crippen LogP contribution in [0.1, 0.15) is 18.1 Å². The van der Waals surface area contributed by atoms with Crippen LogP contribution in [0.25, 0.3) is 0 Å². The molecule has 0 aliphatic rings. The van der Waals surface area contributed by atoms with E-state index >= 15 is 0 Å². The summed E-state index contributed by atoms with van der Waals surface area (Å²) in [5.41, 5.74) is 9.31. The number of anilines is 1. The van der Waals surface area contributed by atoms with Crippen LogP contribution in [0.15, 0.2) is 18.2 Å².